The van der Waals surface area contributed by atoms with Crippen LogP contribution in [0, 0.1) is 0 Å². The third-order valence-electron chi connectivity index (χ3n) is 5.28. The molecule has 3 unspecified atom stereocenters. The molecular weight excluding hydrogens is 442 g/mol. The lowest BCUT2D eigenvalue weighted by atomic mass is 10.0. The van der Waals surface area contributed by atoms with E-state index in [1.54, 1.807) is 6.20 Å². The summed E-state index contributed by atoms with van der Waals surface area (Å²) in [6.07, 6.45) is 4.78. The second kappa shape index (κ2) is 11.1. The molecule has 0 radical (unpaired) electrons. The van der Waals surface area contributed by atoms with Crippen molar-refractivity contribution in [3.63, 3.8) is 0 Å². The molecule has 0 aliphatic heterocycles. The molecule has 180 valence electrons. The summed E-state index contributed by atoms with van der Waals surface area (Å²) < 4.78 is 0. The highest BCUT2D eigenvalue weighted by Gasteiger charge is 2.28. The predicted octanol–water partition coefficient (Wildman–Crippen LogP) is -0.806. The fraction of sp³-hybridized carbons (Fsp3) is 0.318. The highest BCUT2D eigenvalue weighted by molar-refractivity contribution is 5.94. The van der Waals surface area contributed by atoms with E-state index in [9.17, 15) is 24.3 Å². The molecule has 0 aliphatic carbocycles. The number of carbonyl (C=O) groups is 4. The van der Waals surface area contributed by atoms with Gasteiger partial charge in [0.05, 0.1) is 12.9 Å². The van der Waals surface area contributed by atoms with Crippen LogP contribution < -0.4 is 21.7 Å². The van der Waals surface area contributed by atoms with Gasteiger partial charge in [-0.05, 0) is 18.6 Å². The third-order valence-corrected chi connectivity index (χ3v) is 5.28. The van der Waals surface area contributed by atoms with E-state index in [-0.39, 0.29) is 19.4 Å². The number of H-pyrrole nitrogens is 2. The van der Waals surface area contributed by atoms with E-state index in [0.717, 1.165) is 16.5 Å². The molecule has 3 rings (SSSR count). The number of para-hydroxylation sites is 1. The molecule has 3 amide bonds. The van der Waals surface area contributed by atoms with Crippen molar-refractivity contribution in [1.29, 1.82) is 0 Å². The number of amides is 3. The van der Waals surface area contributed by atoms with Crippen LogP contribution in [-0.2, 0) is 32.0 Å². The molecule has 2 aromatic heterocycles. The van der Waals surface area contributed by atoms with E-state index in [2.05, 4.69) is 30.9 Å². The molecule has 3 atom stereocenters. The van der Waals surface area contributed by atoms with Crippen molar-refractivity contribution < 1.29 is 24.3 Å². The molecule has 8 N–H and O–H groups in total. The maximum atomic E-state index is 13.0. The van der Waals surface area contributed by atoms with Gasteiger partial charge < -0.3 is 36.8 Å². The minimum Gasteiger partial charge on any atom is -0.480 e. The van der Waals surface area contributed by atoms with Gasteiger partial charge in [-0.2, -0.15) is 0 Å². The number of carboxylic acid groups (broad SMARTS) is 1. The van der Waals surface area contributed by atoms with Crippen molar-refractivity contribution in [3.8, 4) is 0 Å². The summed E-state index contributed by atoms with van der Waals surface area (Å²) >= 11 is 0. The van der Waals surface area contributed by atoms with E-state index in [4.69, 9.17) is 5.73 Å². The number of imidazole rings is 1. The van der Waals surface area contributed by atoms with Gasteiger partial charge in [0, 0.05) is 41.8 Å². The monoisotopic (exact) mass is 469 g/mol. The van der Waals surface area contributed by atoms with Gasteiger partial charge in [-0.3, -0.25) is 14.4 Å². The smallest absolute Gasteiger partial charge is 0.326 e. The number of hydrogen-bond donors (Lipinski definition) is 7. The number of nitrogens with zero attached hydrogens (tertiary/aromatic N) is 1. The number of nitrogens with two attached hydrogens (primary N) is 1. The Morgan fingerprint density at radius 1 is 1.03 bits per heavy atom. The van der Waals surface area contributed by atoms with Gasteiger partial charge in [-0.1, -0.05) is 18.2 Å². The number of aliphatic carboxylic acids is 1. The number of aromatic amines is 2. The molecule has 0 bridgehead atoms. The van der Waals surface area contributed by atoms with Crippen LogP contribution in [0.5, 0.6) is 0 Å². The van der Waals surface area contributed by atoms with E-state index in [1.165, 1.54) is 19.4 Å². The van der Waals surface area contributed by atoms with Crippen LogP contribution in [0.15, 0.2) is 43.0 Å². The van der Waals surface area contributed by atoms with Crippen LogP contribution in [0.25, 0.3) is 10.9 Å². The summed E-state index contributed by atoms with van der Waals surface area (Å²) in [4.78, 5) is 58.8. The van der Waals surface area contributed by atoms with Gasteiger partial charge in [0.25, 0.3) is 0 Å². The van der Waals surface area contributed by atoms with Gasteiger partial charge >= 0.3 is 5.97 Å². The van der Waals surface area contributed by atoms with Crippen molar-refractivity contribution in [2.24, 2.45) is 5.73 Å². The summed E-state index contributed by atoms with van der Waals surface area (Å²) in [5, 5.41) is 17.9. The van der Waals surface area contributed by atoms with Crippen molar-refractivity contribution >= 4 is 34.6 Å². The number of rotatable bonds is 11. The maximum Gasteiger partial charge on any atom is 0.326 e. The average Bonchev–Trinajstić information content (AvgIpc) is 3.48. The maximum absolute atomic E-state index is 13.0. The number of hydrogen-bond acceptors (Lipinski definition) is 6. The van der Waals surface area contributed by atoms with Crippen molar-refractivity contribution in [2.75, 3.05) is 6.54 Å². The molecule has 0 fully saturated rings. The van der Waals surface area contributed by atoms with E-state index < -0.39 is 41.8 Å². The van der Waals surface area contributed by atoms with E-state index >= 15 is 0 Å². The molecule has 34 heavy (non-hydrogen) atoms. The minimum atomic E-state index is -1.23. The summed E-state index contributed by atoms with van der Waals surface area (Å²) in [5.41, 5.74) is 7.61. The van der Waals surface area contributed by atoms with Crippen molar-refractivity contribution in [3.05, 3.63) is 54.2 Å². The largest absolute Gasteiger partial charge is 0.480 e. The van der Waals surface area contributed by atoms with Crippen molar-refractivity contribution in [1.82, 2.24) is 30.9 Å². The predicted molar refractivity (Wildman–Crippen MR) is 122 cm³/mol. The first-order chi connectivity index (χ1) is 16.3. The standard InChI is InChI=1S/C22H27N7O5/c1-12(20(31)29-18(22(33)34)7-14-10-24-11-26-14)27-21(32)17(28-19(30)8-23)6-13-9-25-16-5-3-2-4-15(13)16/h2-5,9-12,17-18,25H,6-8,23H2,1H3,(H,24,26)(H,27,32)(H,28,30)(H,29,31)(H,33,34). The first-order valence-electron chi connectivity index (χ1n) is 10.6. The Bertz CT molecular complexity index is 1160. The Balaban J connectivity index is 1.67. The van der Waals surface area contributed by atoms with E-state index in [0.29, 0.717) is 5.69 Å². The van der Waals surface area contributed by atoms with Crippen LogP contribution in [0.2, 0.25) is 0 Å². The Morgan fingerprint density at radius 3 is 2.47 bits per heavy atom. The van der Waals surface area contributed by atoms with Gasteiger partial charge in [-0.15, -0.1) is 0 Å². The zero-order valence-corrected chi connectivity index (χ0v) is 18.5. The van der Waals surface area contributed by atoms with E-state index in [1.807, 2.05) is 24.3 Å². The lowest BCUT2D eigenvalue weighted by Crippen LogP contribution is -2.56. The summed E-state index contributed by atoms with van der Waals surface area (Å²) in [6.45, 7) is 1.12. The highest BCUT2D eigenvalue weighted by atomic mass is 16.4. The summed E-state index contributed by atoms with van der Waals surface area (Å²) in [5.74, 6) is -3.04. The Kier molecular flexibility index (Phi) is 7.98. The molecule has 0 saturated carbocycles. The molecule has 3 aromatic rings. The molecule has 0 spiro atoms. The first kappa shape index (κ1) is 24.5. The van der Waals surface area contributed by atoms with Gasteiger partial charge in [-0.25, -0.2) is 9.78 Å². The Hall–Kier alpha value is -4.19. The fourth-order valence-electron chi connectivity index (χ4n) is 3.48. The summed E-state index contributed by atoms with van der Waals surface area (Å²) in [6, 6.07) is 4.25. The van der Waals surface area contributed by atoms with Gasteiger partial charge in [0.2, 0.25) is 17.7 Å². The van der Waals surface area contributed by atoms with Crippen LogP contribution in [0.1, 0.15) is 18.2 Å². The Labute approximate surface area is 194 Å². The second-order valence-electron chi connectivity index (χ2n) is 7.80. The van der Waals surface area contributed by atoms with Crippen LogP contribution in [0.4, 0.5) is 0 Å². The fourth-order valence-corrected chi connectivity index (χ4v) is 3.48. The average molecular weight is 470 g/mol. The zero-order chi connectivity index (χ0) is 24.7. The van der Waals surface area contributed by atoms with Crippen LogP contribution in [0.3, 0.4) is 0 Å². The topological polar surface area (TPSA) is 195 Å². The molecule has 12 nitrogen and oxygen atoms in total. The number of carbonyl (C=O) groups excluding carboxylic acids is 3. The second-order valence-corrected chi connectivity index (χ2v) is 7.80. The number of benzene rings is 1. The molecule has 2 heterocycles. The highest BCUT2D eigenvalue weighted by Crippen LogP contribution is 2.19. The van der Waals surface area contributed by atoms with Crippen LogP contribution in [-0.4, -0.2) is 68.4 Å². The number of fused-ring (bicyclic) bond motifs is 1. The third kappa shape index (κ3) is 6.19. The number of nitrogens with one attached hydrogen (secondary N) is 5. The minimum absolute atomic E-state index is 0.00249. The first-order valence-corrected chi connectivity index (χ1v) is 10.6. The molecule has 1 aromatic carbocycles. The molecule has 0 aliphatic rings. The molecule has 12 heteroatoms. The van der Waals surface area contributed by atoms with Gasteiger partial charge in [0.1, 0.15) is 18.1 Å². The quantitative estimate of drug-likeness (QED) is 0.191. The number of aromatic nitrogens is 3. The normalized spacial score (nSPS) is 13.6. The lowest BCUT2D eigenvalue weighted by Gasteiger charge is -2.22. The molecular formula is C22H27N7O5. The summed E-state index contributed by atoms with van der Waals surface area (Å²) in [7, 11) is 0. The zero-order valence-electron chi connectivity index (χ0n) is 18.5. The van der Waals surface area contributed by atoms with Crippen molar-refractivity contribution in [2.45, 2.75) is 37.9 Å². The van der Waals surface area contributed by atoms with Crippen LogP contribution >= 0.6 is 0 Å². The Morgan fingerprint density at radius 2 is 1.79 bits per heavy atom. The van der Waals surface area contributed by atoms with Gasteiger partial charge in [0.15, 0.2) is 0 Å². The lowest BCUT2D eigenvalue weighted by molar-refractivity contribution is -0.142. The number of carboxylic acids is 1. The molecule has 0 saturated heterocycles. The SMILES string of the molecule is CC(NC(=O)C(Cc1c[nH]c2ccccc12)NC(=O)CN)C(=O)NC(Cc1cnc[nH]1)C(=O)O.